The van der Waals surface area contributed by atoms with Crippen molar-refractivity contribution in [1.82, 2.24) is 20.6 Å². The zero-order chi connectivity index (χ0) is 38.2. The molecule has 3 amide bonds. The Labute approximate surface area is 317 Å². The molecular weight excluding hydrogens is 651 g/mol. The molecule has 0 aromatic carbocycles. The van der Waals surface area contributed by atoms with Gasteiger partial charge in [0.2, 0.25) is 5.95 Å². The first-order chi connectivity index (χ1) is 24.9. The topological polar surface area (TPSA) is 125 Å². The van der Waals surface area contributed by atoms with Crippen molar-refractivity contribution in [2.75, 3.05) is 18.5 Å². The monoisotopic (exact) mass is 730 g/mol. The largest absolute Gasteiger partial charge is 0.449 e. The molecule has 0 saturated heterocycles. The van der Waals surface area contributed by atoms with Crippen LogP contribution in [0.25, 0.3) is 0 Å². The van der Waals surface area contributed by atoms with Gasteiger partial charge in [0.25, 0.3) is 5.56 Å². The first kappa shape index (κ1) is 45.6. The highest BCUT2D eigenvalue weighted by molar-refractivity contribution is 5.87. The number of aryl methyl sites for hydroxylation is 1. The Morgan fingerprint density at radius 2 is 1.33 bits per heavy atom. The Balaban J connectivity index is 1.84. The van der Waals surface area contributed by atoms with Gasteiger partial charge in [-0.3, -0.25) is 10.1 Å². The molecular formula is C43H79N5O4. The summed E-state index contributed by atoms with van der Waals surface area (Å²) in [4.78, 5) is 45.3. The predicted octanol–water partition coefficient (Wildman–Crippen LogP) is 11.5. The quantitative estimate of drug-likeness (QED) is 0.0671. The average molecular weight is 730 g/mol. The lowest BCUT2D eigenvalue weighted by Crippen LogP contribution is -2.51. The Morgan fingerprint density at radius 3 is 1.83 bits per heavy atom. The van der Waals surface area contributed by atoms with Gasteiger partial charge < -0.3 is 20.4 Å². The van der Waals surface area contributed by atoms with E-state index in [1.165, 1.54) is 116 Å². The van der Waals surface area contributed by atoms with Gasteiger partial charge in [-0.15, -0.1) is 0 Å². The number of nitrogens with zero attached hydrogens (tertiary/aromatic N) is 1. The SMILES string of the molecule is CCCCCCCCCCCCC(CCCCCCCCCC)COC(=O)NC1CC(C)(C)CC(C)(CNC(=O)Nc2nc(=O)c(CC)c(C)[nH]2)C1. The minimum absolute atomic E-state index is 0.0163. The molecule has 1 aliphatic carbocycles. The minimum atomic E-state index is -0.412. The summed E-state index contributed by atoms with van der Waals surface area (Å²) in [5.41, 5.74) is 0.756. The Morgan fingerprint density at radius 1 is 0.808 bits per heavy atom. The van der Waals surface area contributed by atoms with E-state index >= 15 is 0 Å². The minimum Gasteiger partial charge on any atom is -0.449 e. The van der Waals surface area contributed by atoms with Crippen molar-refractivity contribution in [2.45, 2.75) is 209 Å². The van der Waals surface area contributed by atoms with Crippen molar-refractivity contribution >= 4 is 18.1 Å². The summed E-state index contributed by atoms with van der Waals surface area (Å²) in [5.74, 6) is 0.560. The summed E-state index contributed by atoms with van der Waals surface area (Å²) in [6.45, 7) is 15.8. The van der Waals surface area contributed by atoms with Gasteiger partial charge >= 0.3 is 12.1 Å². The zero-order valence-corrected chi connectivity index (χ0v) is 34.6. The summed E-state index contributed by atoms with van der Waals surface area (Å²) in [7, 11) is 0. The standard InChI is InChI=1S/C43H79N5O4/c1-8-11-13-15-17-19-20-22-24-26-28-35(27-25-23-21-18-16-14-12-9-2)31-52-41(51)46-36-29-42(5,6)32-43(7,30-36)33-44-40(50)48-39-45-34(4)37(10-3)38(49)47-39/h35-36H,8-33H2,1-7H3,(H,46,51)(H3,44,45,47,48,49,50). The van der Waals surface area contributed by atoms with Crippen LogP contribution in [0.15, 0.2) is 4.79 Å². The highest BCUT2D eigenvalue weighted by atomic mass is 16.5. The third-order valence-corrected chi connectivity index (χ3v) is 11.1. The van der Waals surface area contributed by atoms with Gasteiger partial charge in [0, 0.05) is 23.8 Å². The number of carbonyl (C=O) groups is 2. The normalized spacial score (nSPS) is 18.9. The van der Waals surface area contributed by atoms with Gasteiger partial charge in [0.1, 0.15) is 0 Å². The van der Waals surface area contributed by atoms with Crippen LogP contribution in [0.4, 0.5) is 15.5 Å². The van der Waals surface area contributed by atoms with Crippen LogP contribution >= 0.6 is 0 Å². The fraction of sp³-hybridized carbons (Fsp3) is 0.860. The molecule has 3 atom stereocenters. The number of nitrogens with one attached hydrogen (secondary N) is 4. The molecule has 1 aromatic rings. The lowest BCUT2D eigenvalue weighted by Gasteiger charge is -2.46. The first-order valence-corrected chi connectivity index (χ1v) is 21.5. The third-order valence-electron chi connectivity index (χ3n) is 11.1. The molecule has 1 aromatic heterocycles. The number of rotatable bonds is 27. The number of aromatic nitrogens is 2. The predicted molar refractivity (Wildman–Crippen MR) is 217 cm³/mol. The molecule has 1 saturated carbocycles. The van der Waals surface area contributed by atoms with E-state index in [1.807, 2.05) is 13.8 Å². The summed E-state index contributed by atoms with van der Waals surface area (Å²) in [5, 5.41) is 8.88. The van der Waals surface area contributed by atoms with Gasteiger partial charge in [-0.1, -0.05) is 157 Å². The second-order valence-corrected chi connectivity index (χ2v) is 17.3. The summed E-state index contributed by atoms with van der Waals surface area (Å²) in [6, 6.07) is -0.452. The lowest BCUT2D eigenvalue weighted by molar-refractivity contribution is 0.0635. The van der Waals surface area contributed by atoms with Crippen LogP contribution in [0, 0.1) is 23.7 Å². The third kappa shape index (κ3) is 19.5. The molecule has 0 spiro atoms. The molecule has 4 N–H and O–H groups in total. The molecule has 0 bridgehead atoms. The number of ether oxygens (including phenoxy) is 1. The first-order valence-electron chi connectivity index (χ1n) is 21.5. The van der Waals surface area contributed by atoms with E-state index in [9.17, 15) is 14.4 Å². The molecule has 1 fully saturated rings. The van der Waals surface area contributed by atoms with E-state index in [2.05, 4.69) is 60.5 Å². The van der Waals surface area contributed by atoms with Crippen LogP contribution in [-0.2, 0) is 11.2 Å². The maximum absolute atomic E-state index is 13.2. The summed E-state index contributed by atoms with van der Waals surface area (Å²) < 4.78 is 5.94. The van der Waals surface area contributed by atoms with E-state index in [4.69, 9.17) is 4.74 Å². The molecule has 9 heteroatoms. The van der Waals surface area contributed by atoms with Crippen LogP contribution in [0.3, 0.4) is 0 Å². The second kappa shape index (κ2) is 25.4. The van der Waals surface area contributed by atoms with E-state index in [0.29, 0.717) is 36.7 Å². The highest BCUT2D eigenvalue weighted by Gasteiger charge is 2.42. The molecule has 2 rings (SSSR count). The van der Waals surface area contributed by atoms with E-state index in [-0.39, 0.29) is 34.5 Å². The van der Waals surface area contributed by atoms with Crippen LogP contribution in [-0.4, -0.2) is 41.3 Å². The van der Waals surface area contributed by atoms with Crippen molar-refractivity contribution in [3.05, 3.63) is 21.6 Å². The van der Waals surface area contributed by atoms with Crippen molar-refractivity contribution in [2.24, 2.45) is 16.7 Å². The average Bonchev–Trinajstić information content (AvgIpc) is 3.07. The Kier molecular flexibility index (Phi) is 22.3. The van der Waals surface area contributed by atoms with Gasteiger partial charge in [0.15, 0.2) is 0 Å². The smallest absolute Gasteiger partial charge is 0.407 e. The molecule has 0 radical (unpaired) electrons. The number of urea groups is 1. The van der Waals surface area contributed by atoms with Crippen molar-refractivity contribution in [3.8, 4) is 0 Å². The summed E-state index contributed by atoms with van der Waals surface area (Å²) in [6.07, 6.45) is 28.9. The van der Waals surface area contributed by atoms with Gasteiger partial charge in [-0.05, 0) is 62.2 Å². The van der Waals surface area contributed by atoms with Crippen LogP contribution in [0.1, 0.15) is 200 Å². The van der Waals surface area contributed by atoms with Crippen LogP contribution in [0.2, 0.25) is 0 Å². The second-order valence-electron chi connectivity index (χ2n) is 17.3. The molecule has 300 valence electrons. The van der Waals surface area contributed by atoms with E-state index in [1.54, 1.807) is 0 Å². The van der Waals surface area contributed by atoms with Crippen molar-refractivity contribution in [1.29, 1.82) is 0 Å². The number of amides is 3. The molecule has 52 heavy (non-hydrogen) atoms. The van der Waals surface area contributed by atoms with Crippen molar-refractivity contribution < 1.29 is 14.3 Å². The lowest BCUT2D eigenvalue weighted by atomic mass is 9.62. The van der Waals surface area contributed by atoms with Crippen molar-refractivity contribution in [3.63, 3.8) is 0 Å². The molecule has 1 heterocycles. The summed E-state index contributed by atoms with van der Waals surface area (Å²) >= 11 is 0. The number of hydrogen-bond acceptors (Lipinski definition) is 5. The van der Waals surface area contributed by atoms with E-state index < -0.39 is 6.03 Å². The van der Waals surface area contributed by atoms with E-state index in [0.717, 1.165) is 32.1 Å². The number of hydrogen-bond donors (Lipinski definition) is 4. The Bertz CT molecular complexity index is 1200. The maximum atomic E-state index is 13.2. The number of carbonyl (C=O) groups excluding carboxylic acids is 2. The molecule has 9 nitrogen and oxygen atoms in total. The number of aromatic amines is 1. The zero-order valence-electron chi connectivity index (χ0n) is 34.6. The maximum Gasteiger partial charge on any atom is 0.407 e. The number of anilines is 1. The fourth-order valence-electron chi connectivity index (χ4n) is 8.60. The number of unbranched alkanes of at least 4 members (excludes halogenated alkanes) is 16. The van der Waals surface area contributed by atoms with Crippen LogP contribution in [0.5, 0.6) is 0 Å². The Hall–Kier alpha value is -2.58. The fourth-order valence-corrected chi connectivity index (χ4v) is 8.60. The number of alkyl carbamates (subject to hydrolysis) is 1. The van der Waals surface area contributed by atoms with Gasteiger partial charge in [0.05, 0.1) is 6.61 Å². The molecule has 1 aliphatic rings. The highest BCUT2D eigenvalue weighted by Crippen LogP contribution is 2.45. The van der Waals surface area contributed by atoms with Gasteiger partial charge in [-0.25, -0.2) is 9.59 Å². The molecule has 0 aliphatic heterocycles. The molecule has 3 unspecified atom stereocenters. The van der Waals surface area contributed by atoms with Crippen LogP contribution < -0.4 is 21.5 Å². The number of H-pyrrole nitrogens is 1. The van der Waals surface area contributed by atoms with Gasteiger partial charge in [-0.2, -0.15) is 4.98 Å².